The molecule has 1 aliphatic heterocycles. The second-order valence-corrected chi connectivity index (χ2v) is 7.44. The molecular formula is C21H29NO5. The number of carboxylic acids is 1. The van der Waals surface area contributed by atoms with Gasteiger partial charge in [0, 0.05) is 17.2 Å². The van der Waals surface area contributed by atoms with Crippen molar-refractivity contribution in [3.05, 3.63) is 33.9 Å². The number of aliphatic carboxylic acids is 1. The Kier molecular flexibility index (Phi) is 6.52. The smallest absolute Gasteiger partial charge is 0.341 e. The van der Waals surface area contributed by atoms with Gasteiger partial charge in [-0.25, -0.2) is 4.79 Å². The highest BCUT2D eigenvalue weighted by atomic mass is 16.5. The Bertz CT molecular complexity index is 780. The van der Waals surface area contributed by atoms with Crippen molar-refractivity contribution in [2.24, 2.45) is 5.92 Å². The first-order valence-electron chi connectivity index (χ1n) is 9.21. The van der Waals surface area contributed by atoms with Crippen molar-refractivity contribution in [3.63, 3.8) is 0 Å². The molecule has 0 saturated heterocycles. The Morgan fingerprint density at radius 3 is 2.59 bits per heavy atom. The van der Waals surface area contributed by atoms with Crippen LogP contribution in [0.5, 0.6) is 5.75 Å². The first kappa shape index (κ1) is 20.8. The van der Waals surface area contributed by atoms with Crippen molar-refractivity contribution in [3.8, 4) is 5.75 Å². The van der Waals surface area contributed by atoms with Crippen LogP contribution in [0.25, 0.3) is 0 Å². The molecule has 2 rings (SSSR count). The van der Waals surface area contributed by atoms with E-state index in [4.69, 9.17) is 14.6 Å². The summed E-state index contributed by atoms with van der Waals surface area (Å²) in [6.07, 6.45) is 3.03. The van der Waals surface area contributed by atoms with Crippen LogP contribution in [0, 0.1) is 12.8 Å². The van der Waals surface area contributed by atoms with E-state index < -0.39 is 11.9 Å². The highest BCUT2D eigenvalue weighted by molar-refractivity contribution is 6.01. The Balaban J connectivity index is 2.50. The van der Waals surface area contributed by atoms with Gasteiger partial charge in [0.1, 0.15) is 12.4 Å². The molecule has 1 aromatic rings. The quantitative estimate of drug-likeness (QED) is 0.526. The number of carbonyl (C=O) groups is 2. The van der Waals surface area contributed by atoms with Crippen molar-refractivity contribution in [2.45, 2.75) is 60.1 Å². The molecule has 1 unspecified atom stereocenters. The Labute approximate surface area is 160 Å². The van der Waals surface area contributed by atoms with E-state index in [0.29, 0.717) is 18.4 Å². The number of carboxylic acid groups (broad SMARTS) is 1. The molecule has 1 aromatic carbocycles. The van der Waals surface area contributed by atoms with Gasteiger partial charge in [0.25, 0.3) is 0 Å². The molecule has 27 heavy (non-hydrogen) atoms. The van der Waals surface area contributed by atoms with E-state index in [1.165, 1.54) is 0 Å². The number of hydrogen-bond donors (Lipinski definition) is 2. The third-order valence-electron chi connectivity index (χ3n) is 4.81. The lowest BCUT2D eigenvalue weighted by Crippen LogP contribution is -2.16. The predicted molar refractivity (Wildman–Crippen MR) is 104 cm³/mol. The fourth-order valence-electron chi connectivity index (χ4n) is 3.43. The van der Waals surface area contributed by atoms with Gasteiger partial charge in [-0.1, -0.05) is 18.6 Å². The van der Waals surface area contributed by atoms with E-state index in [1.807, 2.05) is 33.8 Å². The van der Waals surface area contributed by atoms with Crippen LogP contribution in [-0.2, 0) is 22.6 Å². The summed E-state index contributed by atoms with van der Waals surface area (Å²) in [5.74, 6) is -0.822. The molecule has 1 heterocycles. The maximum Gasteiger partial charge on any atom is 0.341 e. The van der Waals surface area contributed by atoms with Crippen LogP contribution in [0.1, 0.15) is 61.2 Å². The van der Waals surface area contributed by atoms with Gasteiger partial charge >= 0.3 is 11.9 Å². The zero-order valence-electron chi connectivity index (χ0n) is 16.9. The summed E-state index contributed by atoms with van der Waals surface area (Å²) in [7, 11) is 1.62. The highest BCUT2D eigenvalue weighted by Gasteiger charge is 2.32. The number of rotatable bonds is 8. The molecule has 1 atom stereocenters. The molecule has 0 aliphatic carbocycles. The minimum Gasteiger partial charge on any atom is -0.496 e. The highest BCUT2D eigenvalue weighted by Crippen LogP contribution is 2.41. The molecule has 0 radical (unpaired) electrons. The van der Waals surface area contributed by atoms with Crippen LogP contribution >= 0.6 is 0 Å². The van der Waals surface area contributed by atoms with E-state index >= 15 is 0 Å². The second kappa shape index (κ2) is 8.46. The number of hydrogen-bond acceptors (Lipinski definition) is 5. The van der Waals surface area contributed by atoms with Crippen molar-refractivity contribution < 1.29 is 24.2 Å². The molecule has 148 valence electrons. The average molecular weight is 375 g/mol. The van der Waals surface area contributed by atoms with Gasteiger partial charge in [0.2, 0.25) is 0 Å². The summed E-state index contributed by atoms with van der Waals surface area (Å²) in [6, 6.07) is 0.130. The van der Waals surface area contributed by atoms with Gasteiger partial charge in [0.15, 0.2) is 0 Å². The van der Waals surface area contributed by atoms with Gasteiger partial charge in [-0.2, -0.15) is 0 Å². The largest absolute Gasteiger partial charge is 0.496 e. The average Bonchev–Trinajstić information content (AvgIpc) is 2.97. The van der Waals surface area contributed by atoms with Crippen LogP contribution < -0.4 is 10.1 Å². The lowest BCUT2D eigenvalue weighted by atomic mass is 9.92. The molecule has 2 N–H and O–H groups in total. The number of ether oxygens (including phenoxy) is 2. The second-order valence-electron chi connectivity index (χ2n) is 7.44. The van der Waals surface area contributed by atoms with Gasteiger partial charge in [-0.05, 0) is 46.1 Å². The Morgan fingerprint density at radius 1 is 1.37 bits per heavy atom. The monoisotopic (exact) mass is 375 g/mol. The lowest BCUT2D eigenvalue weighted by Gasteiger charge is -2.22. The van der Waals surface area contributed by atoms with E-state index in [0.717, 1.165) is 33.7 Å². The van der Waals surface area contributed by atoms with E-state index in [-0.39, 0.29) is 18.6 Å². The zero-order chi connectivity index (χ0) is 20.3. The van der Waals surface area contributed by atoms with Crippen LogP contribution in [0.3, 0.4) is 0 Å². The maximum atomic E-state index is 12.3. The van der Waals surface area contributed by atoms with Crippen LogP contribution in [0.15, 0.2) is 11.6 Å². The number of cyclic esters (lactones) is 1. The molecular weight excluding hydrogens is 346 g/mol. The molecule has 0 saturated carbocycles. The summed E-state index contributed by atoms with van der Waals surface area (Å²) in [6.45, 7) is 9.84. The molecule has 1 aliphatic rings. The van der Waals surface area contributed by atoms with Gasteiger partial charge in [-0.15, -0.1) is 0 Å². The Morgan fingerprint density at radius 2 is 2.04 bits per heavy atom. The van der Waals surface area contributed by atoms with Crippen molar-refractivity contribution in [1.29, 1.82) is 0 Å². The molecule has 0 amide bonds. The minimum atomic E-state index is -0.807. The number of nitrogens with one attached hydrogen (secondary N) is 1. The number of anilines is 1. The predicted octanol–water partition coefficient (Wildman–Crippen LogP) is 4.09. The molecule has 0 fully saturated rings. The van der Waals surface area contributed by atoms with Gasteiger partial charge < -0.3 is 19.9 Å². The van der Waals surface area contributed by atoms with Crippen LogP contribution in [0.2, 0.25) is 0 Å². The summed E-state index contributed by atoms with van der Waals surface area (Å²) >= 11 is 0. The molecule has 0 aromatic heterocycles. The van der Waals surface area contributed by atoms with Crippen molar-refractivity contribution >= 4 is 17.6 Å². The molecule has 6 nitrogen and oxygen atoms in total. The SMILES string of the molecule is COc1c(C)c2c(c(NC(C)C)c1C/C=C(\C)CC(C)C(=O)O)C(=O)OC2. The number of benzene rings is 1. The first-order valence-corrected chi connectivity index (χ1v) is 9.21. The van der Waals surface area contributed by atoms with E-state index in [2.05, 4.69) is 5.32 Å². The number of methoxy groups -OCH3 is 1. The minimum absolute atomic E-state index is 0.130. The fraction of sp³-hybridized carbons (Fsp3) is 0.524. The van der Waals surface area contributed by atoms with Crippen LogP contribution in [0.4, 0.5) is 5.69 Å². The third-order valence-corrected chi connectivity index (χ3v) is 4.81. The summed E-state index contributed by atoms with van der Waals surface area (Å²) in [4.78, 5) is 23.4. The molecule has 0 bridgehead atoms. The topological polar surface area (TPSA) is 84.9 Å². The number of allylic oxidation sites excluding steroid dienone is 2. The Hall–Kier alpha value is -2.50. The normalized spacial score (nSPS) is 14.8. The van der Waals surface area contributed by atoms with E-state index in [9.17, 15) is 9.59 Å². The first-order chi connectivity index (χ1) is 12.7. The number of esters is 1. The van der Waals surface area contributed by atoms with E-state index in [1.54, 1.807) is 14.0 Å². The van der Waals surface area contributed by atoms with Crippen molar-refractivity contribution in [1.82, 2.24) is 0 Å². The van der Waals surface area contributed by atoms with Crippen molar-refractivity contribution in [2.75, 3.05) is 12.4 Å². The van der Waals surface area contributed by atoms with Crippen LogP contribution in [-0.4, -0.2) is 30.2 Å². The fourth-order valence-corrected chi connectivity index (χ4v) is 3.43. The zero-order valence-corrected chi connectivity index (χ0v) is 16.9. The standard InChI is InChI=1S/C21H29NO5/c1-11(2)22-18-15(8-7-12(3)9-13(4)20(23)24)19(26-6)14(5)16-10-27-21(25)17(16)18/h7,11,13,22H,8-10H2,1-6H3,(H,23,24)/b12-7+. The lowest BCUT2D eigenvalue weighted by molar-refractivity contribution is -0.141. The summed E-state index contributed by atoms with van der Waals surface area (Å²) in [5, 5.41) is 12.5. The molecule has 0 spiro atoms. The maximum absolute atomic E-state index is 12.3. The molecule has 6 heteroatoms. The van der Waals surface area contributed by atoms with Gasteiger partial charge in [0.05, 0.1) is 24.3 Å². The van der Waals surface area contributed by atoms with Gasteiger partial charge in [-0.3, -0.25) is 4.79 Å². The number of fused-ring (bicyclic) bond motifs is 1. The number of carbonyl (C=O) groups excluding carboxylic acids is 1. The summed E-state index contributed by atoms with van der Waals surface area (Å²) < 4.78 is 11.0. The summed E-state index contributed by atoms with van der Waals surface area (Å²) in [5.41, 5.74) is 4.99. The third kappa shape index (κ3) is 4.43.